The minimum Gasteiger partial charge on any atom is -0.303 e. The first-order valence-corrected chi connectivity index (χ1v) is 10.0. The smallest absolute Gasteiger partial charge is 0.0125 e. The van der Waals surface area contributed by atoms with E-state index in [9.17, 15) is 0 Å². The molecule has 0 bridgehead atoms. The maximum atomic E-state index is 2.77. The van der Waals surface area contributed by atoms with E-state index in [0.717, 1.165) is 17.8 Å². The van der Waals surface area contributed by atoms with E-state index in [2.05, 4.69) is 58.3 Å². The zero-order chi connectivity index (χ0) is 17.3. The van der Waals surface area contributed by atoms with Crippen LogP contribution < -0.4 is 0 Å². The SMILES string of the molecule is C[C@@H](C1CCN(CC2CCN(C(C)(C)C)CC2)CC1)C(C)(C)C. The van der Waals surface area contributed by atoms with Crippen molar-refractivity contribution in [2.24, 2.45) is 23.2 Å². The van der Waals surface area contributed by atoms with E-state index in [-0.39, 0.29) is 0 Å². The van der Waals surface area contributed by atoms with Crippen molar-refractivity contribution in [2.45, 2.75) is 79.7 Å². The van der Waals surface area contributed by atoms with Gasteiger partial charge in [-0.05, 0) is 95.8 Å². The molecule has 0 radical (unpaired) electrons. The normalized spacial score (nSPS) is 25.7. The van der Waals surface area contributed by atoms with Crippen LogP contribution in [-0.2, 0) is 0 Å². The second-order valence-electron chi connectivity index (χ2n) is 10.4. The molecule has 0 N–H and O–H groups in total. The summed E-state index contributed by atoms with van der Waals surface area (Å²) in [5.41, 5.74) is 0.818. The van der Waals surface area contributed by atoms with Gasteiger partial charge in [-0.15, -0.1) is 0 Å². The molecule has 0 amide bonds. The molecule has 1 atom stereocenters. The highest BCUT2D eigenvalue weighted by Crippen LogP contribution is 2.37. The molecule has 2 aliphatic heterocycles. The zero-order valence-electron chi connectivity index (χ0n) is 17.0. The number of likely N-dealkylation sites (tertiary alicyclic amines) is 2. The van der Waals surface area contributed by atoms with Crippen molar-refractivity contribution in [3.05, 3.63) is 0 Å². The first kappa shape index (κ1) is 19.2. The van der Waals surface area contributed by atoms with E-state index in [0.29, 0.717) is 11.0 Å². The highest BCUT2D eigenvalue weighted by molar-refractivity contribution is 4.85. The molecule has 0 aromatic carbocycles. The van der Waals surface area contributed by atoms with Gasteiger partial charge >= 0.3 is 0 Å². The minimum absolute atomic E-state index is 0.354. The third-order valence-electron chi connectivity index (χ3n) is 6.78. The molecule has 2 saturated heterocycles. The van der Waals surface area contributed by atoms with E-state index in [1.807, 2.05) is 0 Å². The highest BCUT2D eigenvalue weighted by Gasteiger charge is 2.32. The Labute approximate surface area is 146 Å². The molecule has 2 fully saturated rings. The average Bonchev–Trinajstić information content (AvgIpc) is 2.46. The Morgan fingerprint density at radius 1 is 0.826 bits per heavy atom. The van der Waals surface area contributed by atoms with Gasteiger partial charge in [0.15, 0.2) is 0 Å². The number of piperidine rings is 2. The summed E-state index contributed by atoms with van der Waals surface area (Å²) in [6.07, 6.45) is 5.63. The van der Waals surface area contributed by atoms with Crippen LogP contribution in [0, 0.1) is 23.2 Å². The van der Waals surface area contributed by atoms with Crippen molar-refractivity contribution in [2.75, 3.05) is 32.7 Å². The molecule has 0 unspecified atom stereocenters. The third kappa shape index (κ3) is 5.46. The predicted molar refractivity (Wildman–Crippen MR) is 102 cm³/mol. The van der Waals surface area contributed by atoms with Crippen LogP contribution in [0.5, 0.6) is 0 Å². The van der Waals surface area contributed by atoms with Gasteiger partial charge in [-0.25, -0.2) is 0 Å². The fourth-order valence-corrected chi connectivity index (χ4v) is 4.49. The van der Waals surface area contributed by atoms with Gasteiger partial charge in [-0.3, -0.25) is 4.90 Å². The van der Waals surface area contributed by atoms with E-state index in [1.165, 1.54) is 58.4 Å². The minimum atomic E-state index is 0.354. The number of hydrogen-bond acceptors (Lipinski definition) is 2. The largest absolute Gasteiger partial charge is 0.303 e. The Morgan fingerprint density at radius 2 is 1.35 bits per heavy atom. The van der Waals surface area contributed by atoms with Gasteiger partial charge in [0.1, 0.15) is 0 Å². The fraction of sp³-hybridized carbons (Fsp3) is 1.00. The summed E-state index contributed by atoms with van der Waals surface area (Å²) in [7, 11) is 0. The van der Waals surface area contributed by atoms with E-state index in [1.54, 1.807) is 0 Å². The van der Waals surface area contributed by atoms with Crippen LogP contribution in [0.2, 0.25) is 0 Å². The molecular weight excluding hydrogens is 280 g/mol. The van der Waals surface area contributed by atoms with Gasteiger partial charge in [0.05, 0.1) is 0 Å². The first-order chi connectivity index (χ1) is 10.6. The van der Waals surface area contributed by atoms with Gasteiger partial charge in [0.2, 0.25) is 0 Å². The number of nitrogens with zero attached hydrogens (tertiary/aromatic N) is 2. The van der Waals surface area contributed by atoms with Crippen molar-refractivity contribution in [1.82, 2.24) is 9.80 Å². The summed E-state index contributed by atoms with van der Waals surface area (Å²) in [6.45, 7) is 23.4. The second-order valence-corrected chi connectivity index (χ2v) is 10.4. The second kappa shape index (κ2) is 7.44. The summed E-state index contributed by atoms with van der Waals surface area (Å²) in [4.78, 5) is 5.43. The molecule has 2 heterocycles. The molecule has 0 saturated carbocycles. The lowest BCUT2D eigenvalue weighted by Crippen LogP contribution is -2.48. The summed E-state index contributed by atoms with van der Waals surface area (Å²) in [6, 6.07) is 0. The summed E-state index contributed by atoms with van der Waals surface area (Å²) < 4.78 is 0. The van der Waals surface area contributed by atoms with Gasteiger partial charge in [0.25, 0.3) is 0 Å². The fourth-order valence-electron chi connectivity index (χ4n) is 4.49. The maximum absolute atomic E-state index is 2.77. The Bertz CT molecular complexity index is 347. The highest BCUT2D eigenvalue weighted by atomic mass is 15.2. The predicted octanol–water partition coefficient (Wildman–Crippen LogP) is 4.89. The van der Waals surface area contributed by atoms with Gasteiger partial charge in [0, 0.05) is 12.1 Å². The van der Waals surface area contributed by atoms with E-state index < -0.39 is 0 Å². The topological polar surface area (TPSA) is 6.48 Å². The lowest BCUT2D eigenvalue weighted by Gasteiger charge is -2.43. The molecule has 0 aromatic rings. The molecule has 2 aliphatic rings. The quantitative estimate of drug-likeness (QED) is 0.730. The van der Waals surface area contributed by atoms with Crippen LogP contribution in [0.1, 0.15) is 74.1 Å². The Balaban J connectivity index is 1.71. The van der Waals surface area contributed by atoms with Crippen LogP contribution in [0.25, 0.3) is 0 Å². The lowest BCUT2D eigenvalue weighted by molar-refractivity contribution is 0.0559. The van der Waals surface area contributed by atoms with Crippen molar-refractivity contribution in [3.63, 3.8) is 0 Å². The van der Waals surface area contributed by atoms with Gasteiger partial charge < -0.3 is 4.90 Å². The van der Waals surface area contributed by atoms with Crippen LogP contribution in [0.4, 0.5) is 0 Å². The molecule has 136 valence electrons. The van der Waals surface area contributed by atoms with Crippen molar-refractivity contribution < 1.29 is 0 Å². The number of rotatable bonds is 3. The standard InChI is InChI=1S/C21H42N2/c1-17(20(2,3)4)19-10-12-22(13-11-19)16-18-8-14-23(15-9-18)21(5,6)7/h17-19H,8-16H2,1-7H3/t17-/m0/s1. The molecule has 2 rings (SSSR count). The van der Waals surface area contributed by atoms with Gasteiger partial charge in [-0.2, -0.15) is 0 Å². The Morgan fingerprint density at radius 3 is 1.78 bits per heavy atom. The molecule has 23 heavy (non-hydrogen) atoms. The van der Waals surface area contributed by atoms with Crippen LogP contribution in [0.3, 0.4) is 0 Å². The zero-order valence-corrected chi connectivity index (χ0v) is 17.0. The maximum Gasteiger partial charge on any atom is 0.0125 e. The van der Waals surface area contributed by atoms with Crippen LogP contribution in [0.15, 0.2) is 0 Å². The van der Waals surface area contributed by atoms with Crippen LogP contribution in [-0.4, -0.2) is 48.1 Å². The average molecular weight is 323 g/mol. The van der Waals surface area contributed by atoms with Gasteiger partial charge in [-0.1, -0.05) is 27.7 Å². The molecule has 0 spiro atoms. The van der Waals surface area contributed by atoms with Crippen molar-refractivity contribution >= 4 is 0 Å². The molecule has 2 nitrogen and oxygen atoms in total. The Kier molecular flexibility index (Phi) is 6.22. The molecule has 0 aromatic heterocycles. The Hall–Kier alpha value is -0.0800. The summed E-state index contributed by atoms with van der Waals surface area (Å²) in [5, 5.41) is 0. The monoisotopic (exact) mass is 322 g/mol. The van der Waals surface area contributed by atoms with Crippen molar-refractivity contribution in [3.8, 4) is 0 Å². The lowest BCUT2D eigenvalue weighted by atomic mass is 9.71. The molecular formula is C21H42N2. The number of hydrogen-bond donors (Lipinski definition) is 0. The van der Waals surface area contributed by atoms with E-state index in [4.69, 9.17) is 0 Å². The van der Waals surface area contributed by atoms with Crippen molar-refractivity contribution in [1.29, 1.82) is 0 Å². The summed E-state index contributed by atoms with van der Waals surface area (Å²) in [5.74, 6) is 2.72. The first-order valence-electron chi connectivity index (χ1n) is 10.0. The molecule has 2 heteroatoms. The molecule has 0 aliphatic carbocycles. The van der Waals surface area contributed by atoms with Crippen LogP contribution >= 0.6 is 0 Å². The van der Waals surface area contributed by atoms with E-state index >= 15 is 0 Å². The summed E-state index contributed by atoms with van der Waals surface area (Å²) >= 11 is 0. The third-order valence-corrected chi connectivity index (χ3v) is 6.78.